The number of amides is 1. The van der Waals surface area contributed by atoms with Crippen molar-refractivity contribution in [1.29, 1.82) is 0 Å². The monoisotopic (exact) mass is 254 g/mol. The second-order valence-corrected chi connectivity index (χ2v) is 4.61. The van der Waals surface area contributed by atoms with E-state index in [1.807, 2.05) is 6.92 Å². The summed E-state index contributed by atoms with van der Waals surface area (Å²) in [6.07, 6.45) is 1.88. The van der Waals surface area contributed by atoms with E-state index in [1.54, 1.807) is 18.2 Å². The summed E-state index contributed by atoms with van der Waals surface area (Å²) in [6, 6.07) is 5.18. The van der Waals surface area contributed by atoms with Crippen molar-refractivity contribution in [3.8, 4) is 0 Å². The van der Waals surface area contributed by atoms with Crippen LogP contribution in [0.4, 0.5) is 0 Å². The van der Waals surface area contributed by atoms with Gasteiger partial charge in [0.05, 0.1) is 6.10 Å². The summed E-state index contributed by atoms with van der Waals surface area (Å²) in [5.74, 6) is -0.174. The number of pyridine rings is 1. The van der Waals surface area contributed by atoms with Crippen molar-refractivity contribution in [1.82, 2.24) is 10.3 Å². The number of nitrogens with zero attached hydrogens (tertiary/aromatic N) is 1. The van der Waals surface area contributed by atoms with E-state index in [9.17, 15) is 4.79 Å². The highest BCUT2D eigenvalue weighted by Crippen LogP contribution is 2.14. The Labute approximate surface area is 105 Å². The highest BCUT2D eigenvalue weighted by atomic mass is 35.5. The van der Waals surface area contributed by atoms with Gasteiger partial charge in [-0.2, -0.15) is 0 Å². The minimum absolute atomic E-state index is 0.159. The largest absolute Gasteiger partial charge is 0.378 e. The Morgan fingerprint density at radius 2 is 2.41 bits per heavy atom. The van der Waals surface area contributed by atoms with Crippen LogP contribution in [0.5, 0.6) is 0 Å². The number of ether oxygens (including phenoxy) is 1. The summed E-state index contributed by atoms with van der Waals surface area (Å²) in [7, 11) is 0. The first kappa shape index (κ1) is 12.3. The van der Waals surface area contributed by atoms with Crippen LogP contribution in [0.3, 0.4) is 0 Å². The van der Waals surface area contributed by atoms with Crippen LogP contribution in [0, 0.1) is 0 Å². The van der Waals surface area contributed by atoms with E-state index in [0.29, 0.717) is 17.5 Å². The van der Waals surface area contributed by atoms with Gasteiger partial charge in [0.25, 0.3) is 5.91 Å². The molecule has 1 saturated heterocycles. The number of aromatic nitrogens is 1. The number of rotatable bonds is 2. The quantitative estimate of drug-likeness (QED) is 0.822. The van der Waals surface area contributed by atoms with Crippen LogP contribution in [0.2, 0.25) is 5.15 Å². The second-order valence-electron chi connectivity index (χ2n) is 4.22. The Kier molecular flexibility index (Phi) is 3.97. The maximum Gasteiger partial charge on any atom is 0.270 e. The van der Waals surface area contributed by atoms with Gasteiger partial charge in [-0.1, -0.05) is 17.7 Å². The third kappa shape index (κ3) is 3.41. The summed E-state index contributed by atoms with van der Waals surface area (Å²) in [4.78, 5) is 15.9. The molecule has 1 fully saturated rings. The average Bonchev–Trinajstić information content (AvgIpc) is 2.29. The molecule has 0 radical (unpaired) electrons. The number of halogens is 1. The topological polar surface area (TPSA) is 51.2 Å². The second kappa shape index (κ2) is 5.47. The van der Waals surface area contributed by atoms with Crippen LogP contribution >= 0.6 is 11.6 Å². The number of nitrogens with one attached hydrogen (secondary N) is 1. The van der Waals surface area contributed by atoms with Crippen molar-refractivity contribution in [2.45, 2.75) is 31.9 Å². The summed E-state index contributed by atoms with van der Waals surface area (Å²) in [5.41, 5.74) is 0.358. The minimum atomic E-state index is -0.174. The predicted octanol–water partition coefficient (Wildman–Crippen LogP) is 2.03. The maximum absolute atomic E-state index is 11.9. The van der Waals surface area contributed by atoms with Crippen molar-refractivity contribution in [2.24, 2.45) is 0 Å². The van der Waals surface area contributed by atoms with Gasteiger partial charge in [-0.15, -0.1) is 0 Å². The van der Waals surface area contributed by atoms with Crippen LogP contribution < -0.4 is 5.32 Å². The van der Waals surface area contributed by atoms with Gasteiger partial charge in [-0.3, -0.25) is 4.79 Å². The van der Waals surface area contributed by atoms with Crippen LogP contribution in [0.15, 0.2) is 18.2 Å². The van der Waals surface area contributed by atoms with Crippen molar-refractivity contribution >= 4 is 17.5 Å². The Hall–Kier alpha value is -1.13. The molecule has 4 nitrogen and oxygen atoms in total. The lowest BCUT2D eigenvalue weighted by atomic mass is 10.0. The van der Waals surface area contributed by atoms with Crippen LogP contribution in [0.1, 0.15) is 30.3 Å². The third-order valence-electron chi connectivity index (χ3n) is 2.77. The standard InChI is InChI=1S/C12H15ClN2O2/c1-8-7-9(5-6-17-8)14-12(16)10-3-2-4-11(13)15-10/h2-4,8-9H,5-7H2,1H3,(H,14,16). The first-order chi connectivity index (χ1) is 8.15. The van der Waals surface area contributed by atoms with Gasteiger partial charge in [0.2, 0.25) is 0 Å². The zero-order valence-corrected chi connectivity index (χ0v) is 10.4. The fraction of sp³-hybridized carbons (Fsp3) is 0.500. The minimum Gasteiger partial charge on any atom is -0.378 e. The predicted molar refractivity (Wildman–Crippen MR) is 65.1 cm³/mol. The molecular weight excluding hydrogens is 240 g/mol. The van der Waals surface area contributed by atoms with E-state index in [1.165, 1.54) is 0 Å². The highest BCUT2D eigenvalue weighted by Gasteiger charge is 2.21. The van der Waals surface area contributed by atoms with Crippen LogP contribution in [0.25, 0.3) is 0 Å². The molecule has 5 heteroatoms. The molecule has 0 saturated carbocycles. The van der Waals surface area contributed by atoms with Crippen molar-refractivity contribution in [2.75, 3.05) is 6.61 Å². The summed E-state index contributed by atoms with van der Waals surface area (Å²) < 4.78 is 5.43. The van der Waals surface area contributed by atoms with E-state index < -0.39 is 0 Å². The first-order valence-corrected chi connectivity index (χ1v) is 6.08. The normalized spacial score (nSPS) is 24.4. The molecule has 1 aliphatic rings. The zero-order valence-electron chi connectivity index (χ0n) is 9.65. The molecule has 1 N–H and O–H groups in total. The molecule has 17 heavy (non-hydrogen) atoms. The average molecular weight is 255 g/mol. The number of carbonyl (C=O) groups excluding carboxylic acids is 1. The van der Waals surface area contributed by atoms with Gasteiger partial charge >= 0.3 is 0 Å². The molecule has 1 aromatic rings. The molecule has 2 unspecified atom stereocenters. The Balaban J connectivity index is 1.97. The van der Waals surface area contributed by atoms with E-state index in [-0.39, 0.29) is 18.1 Å². The van der Waals surface area contributed by atoms with Crippen molar-refractivity contribution < 1.29 is 9.53 Å². The van der Waals surface area contributed by atoms with E-state index in [2.05, 4.69) is 10.3 Å². The van der Waals surface area contributed by atoms with Gasteiger partial charge in [0.1, 0.15) is 10.8 Å². The lowest BCUT2D eigenvalue weighted by molar-refractivity contribution is 0.0136. The number of hydrogen-bond donors (Lipinski definition) is 1. The molecule has 0 aliphatic carbocycles. The molecule has 2 rings (SSSR count). The van der Waals surface area contributed by atoms with Gasteiger partial charge in [-0.05, 0) is 31.9 Å². The van der Waals surface area contributed by atoms with Gasteiger partial charge in [0, 0.05) is 12.6 Å². The smallest absolute Gasteiger partial charge is 0.270 e. The number of hydrogen-bond acceptors (Lipinski definition) is 3. The van der Waals surface area contributed by atoms with Crippen molar-refractivity contribution in [3.05, 3.63) is 29.0 Å². The SMILES string of the molecule is CC1CC(NC(=O)c2cccc(Cl)n2)CCO1. The molecule has 1 aliphatic heterocycles. The Morgan fingerprint density at radius 1 is 1.59 bits per heavy atom. The lowest BCUT2D eigenvalue weighted by Gasteiger charge is -2.27. The summed E-state index contributed by atoms with van der Waals surface area (Å²) >= 11 is 5.74. The Bertz CT molecular complexity index is 411. The fourth-order valence-electron chi connectivity index (χ4n) is 1.92. The third-order valence-corrected chi connectivity index (χ3v) is 2.98. The van der Waals surface area contributed by atoms with E-state index >= 15 is 0 Å². The fourth-order valence-corrected chi connectivity index (χ4v) is 2.09. The summed E-state index contributed by atoms with van der Waals surface area (Å²) in [6.45, 7) is 2.70. The molecule has 2 heterocycles. The molecule has 0 spiro atoms. The summed E-state index contributed by atoms with van der Waals surface area (Å²) in [5, 5.41) is 3.28. The maximum atomic E-state index is 11.9. The molecular formula is C12H15ClN2O2. The van der Waals surface area contributed by atoms with Crippen LogP contribution in [-0.2, 0) is 4.74 Å². The highest BCUT2D eigenvalue weighted by molar-refractivity contribution is 6.29. The van der Waals surface area contributed by atoms with E-state index in [0.717, 1.165) is 12.8 Å². The molecule has 0 bridgehead atoms. The van der Waals surface area contributed by atoms with Gasteiger partial charge in [-0.25, -0.2) is 4.98 Å². The van der Waals surface area contributed by atoms with Crippen LogP contribution in [-0.4, -0.2) is 29.6 Å². The Morgan fingerprint density at radius 3 is 3.12 bits per heavy atom. The van der Waals surface area contributed by atoms with Gasteiger partial charge < -0.3 is 10.1 Å². The number of carbonyl (C=O) groups is 1. The molecule has 0 aromatic carbocycles. The molecule has 2 atom stereocenters. The lowest BCUT2D eigenvalue weighted by Crippen LogP contribution is -2.41. The van der Waals surface area contributed by atoms with Crippen molar-refractivity contribution in [3.63, 3.8) is 0 Å². The molecule has 1 amide bonds. The van der Waals surface area contributed by atoms with Gasteiger partial charge in [0.15, 0.2) is 0 Å². The first-order valence-electron chi connectivity index (χ1n) is 5.70. The molecule has 1 aromatic heterocycles. The van der Waals surface area contributed by atoms with E-state index in [4.69, 9.17) is 16.3 Å². The molecule has 92 valence electrons. The zero-order chi connectivity index (χ0) is 12.3.